The Bertz CT molecular complexity index is 1050. The van der Waals surface area contributed by atoms with E-state index in [0.717, 1.165) is 60.7 Å². The Labute approximate surface area is 175 Å². The molecule has 5 heterocycles. The second kappa shape index (κ2) is 7.12. The van der Waals surface area contributed by atoms with Gasteiger partial charge in [-0.3, -0.25) is 4.90 Å². The van der Waals surface area contributed by atoms with Crippen LogP contribution in [0.2, 0.25) is 0 Å². The van der Waals surface area contributed by atoms with Crippen LogP contribution in [0.5, 0.6) is 0 Å². The molecular formula is C20H21F3N6S. The van der Waals surface area contributed by atoms with E-state index in [1.165, 1.54) is 12.7 Å². The van der Waals surface area contributed by atoms with Gasteiger partial charge in [0.25, 0.3) is 0 Å². The fourth-order valence-electron chi connectivity index (χ4n) is 4.63. The first-order valence-corrected chi connectivity index (χ1v) is 10.7. The maximum atomic E-state index is 12.8. The van der Waals surface area contributed by atoms with Gasteiger partial charge in [0.05, 0.1) is 11.8 Å². The number of fused-ring (bicyclic) bond motifs is 1. The van der Waals surface area contributed by atoms with Crippen molar-refractivity contribution < 1.29 is 13.2 Å². The molecule has 6 nitrogen and oxygen atoms in total. The first-order valence-electron chi connectivity index (χ1n) is 9.86. The number of anilines is 1. The first-order chi connectivity index (χ1) is 14.3. The number of halogens is 3. The largest absolute Gasteiger partial charge is 0.393 e. The highest BCUT2D eigenvalue weighted by atomic mass is 32.1. The molecule has 158 valence electrons. The molecule has 2 saturated heterocycles. The van der Waals surface area contributed by atoms with Crippen molar-refractivity contribution in [1.29, 1.82) is 0 Å². The van der Waals surface area contributed by atoms with E-state index in [-0.39, 0.29) is 16.3 Å². The average molecular weight is 434 g/mol. The molecule has 3 aromatic heterocycles. The third kappa shape index (κ3) is 3.62. The van der Waals surface area contributed by atoms with Crippen molar-refractivity contribution in [2.75, 3.05) is 31.1 Å². The summed E-state index contributed by atoms with van der Waals surface area (Å²) in [6.07, 6.45) is 2.62. The molecule has 1 spiro atoms. The first kappa shape index (κ1) is 19.6. The molecule has 0 N–H and O–H groups in total. The van der Waals surface area contributed by atoms with E-state index in [4.69, 9.17) is 0 Å². The monoisotopic (exact) mass is 434 g/mol. The third-order valence-corrected chi connectivity index (χ3v) is 7.20. The Hall–Kier alpha value is -2.33. The van der Waals surface area contributed by atoms with Gasteiger partial charge in [0.2, 0.25) is 0 Å². The van der Waals surface area contributed by atoms with Gasteiger partial charge in [-0.15, -0.1) is 11.3 Å². The van der Waals surface area contributed by atoms with Crippen molar-refractivity contribution in [1.82, 2.24) is 24.8 Å². The standard InChI is InChI=1S/C20H21F3N6S/c1-13(14-6-24-11-25-7-14)29-9-19(10-29)2-3-28(8-19)17-16-4-15(5-20(21,22)23)30-18(16)27-12-26-17/h4,6-7,11-13H,2-3,5,8-10H2,1H3. The van der Waals surface area contributed by atoms with Crippen molar-refractivity contribution in [3.63, 3.8) is 0 Å². The molecule has 2 fully saturated rings. The second-order valence-corrected chi connectivity index (χ2v) is 9.46. The summed E-state index contributed by atoms with van der Waals surface area (Å²) in [5.41, 5.74) is 1.31. The van der Waals surface area contributed by atoms with Crippen LogP contribution in [0, 0.1) is 5.41 Å². The van der Waals surface area contributed by atoms with E-state index in [1.807, 2.05) is 12.4 Å². The van der Waals surface area contributed by atoms with Crippen LogP contribution in [0.3, 0.4) is 0 Å². The Morgan fingerprint density at radius 1 is 1.13 bits per heavy atom. The highest BCUT2D eigenvalue weighted by Crippen LogP contribution is 2.45. The van der Waals surface area contributed by atoms with Gasteiger partial charge < -0.3 is 4.90 Å². The topological polar surface area (TPSA) is 58.0 Å². The molecule has 3 aromatic rings. The van der Waals surface area contributed by atoms with Gasteiger partial charge in [0.1, 0.15) is 23.3 Å². The van der Waals surface area contributed by atoms with Gasteiger partial charge in [-0.05, 0) is 19.4 Å². The number of alkyl halides is 3. The van der Waals surface area contributed by atoms with E-state index < -0.39 is 12.6 Å². The molecule has 0 radical (unpaired) electrons. The molecular weight excluding hydrogens is 413 g/mol. The molecule has 1 unspecified atom stereocenters. The molecule has 0 amide bonds. The van der Waals surface area contributed by atoms with E-state index in [2.05, 4.69) is 36.7 Å². The maximum absolute atomic E-state index is 12.8. The van der Waals surface area contributed by atoms with Gasteiger partial charge in [0.15, 0.2) is 0 Å². The van der Waals surface area contributed by atoms with Crippen molar-refractivity contribution in [3.05, 3.63) is 41.6 Å². The Kier molecular flexibility index (Phi) is 4.66. The van der Waals surface area contributed by atoms with Crippen molar-refractivity contribution in [2.45, 2.75) is 32.0 Å². The summed E-state index contributed by atoms with van der Waals surface area (Å²) in [7, 11) is 0. The smallest absolute Gasteiger partial charge is 0.355 e. The lowest BCUT2D eigenvalue weighted by Crippen LogP contribution is -2.58. The molecule has 10 heteroatoms. The fourth-order valence-corrected chi connectivity index (χ4v) is 5.65. The average Bonchev–Trinajstić information content (AvgIpc) is 3.29. The van der Waals surface area contributed by atoms with Crippen LogP contribution in [0.15, 0.2) is 31.1 Å². The third-order valence-electron chi connectivity index (χ3n) is 6.16. The van der Waals surface area contributed by atoms with Gasteiger partial charge >= 0.3 is 6.18 Å². The minimum absolute atomic E-state index is 0.200. The number of rotatable bonds is 4. The molecule has 0 aliphatic carbocycles. The lowest BCUT2D eigenvalue weighted by Gasteiger charge is -2.50. The van der Waals surface area contributed by atoms with Crippen LogP contribution >= 0.6 is 11.3 Å². The molecule has 0 bridgehead atoms. The summed E-state index contributed by atoms with van der Waals surface area (Å²) < 4.78 is 38.4. The highest BCUT2D eigenvalue weighted by Gasteiger charge is 2.49. The highest BCUT2D eigenvalue weighted by molar-refractivity contribution is 7.18. The van der Waals surface area contributed by atoms with Crippen LogP contribution in [0.25, 0.3) is 10.2 Å². The Morgan fingerprint density at radius 3 is 2.63 bits per heavy atom. The zero-order chi connectivity index (χ0) is 20.9. The van der Waals surface area contributed by atoms with Crippen molar-refractivity contribution in [3.8, 4) is 0 Å². The predicted molar refractivity (Wildman–Crippen MR) is 108 cm³/mol. The zero-order valence-electron chi connectivity index (χ0n) is 16.4. The summed E-state index contributed by atoms with van der Waals surface area (Å²) in [6, 6.07) is 1.87. The summed E-state index contributed by atoms with van der Waals surface area (Å²) >= 11 is 1.10. The van der Waals surface area contributed by atoms with Crippen LogP contribution in [-0.2, 0) is 6.42 Å². The number of hydrogen-bond donors (Lipinski definition) is 0. The van der Waals surface area contributed by atoms with Crippen LogP contribution in [-0.4, -0.2) is 57.2 Å². The summed E-state index contributed by atoms with van der Waals surface area (Å²) in [4.78, 5) is 22.4. The summed E-state index contributed by atoms with van der Waals surface area (Å²) in [6.45, 7) is 5.85. The number of thiophene rings is 1. The quantitative estimate of drug-likeness (QED) is 0.622. The lowest BCUT2D eigenvalue weighted by molar-refractivity contribution is -0.126. The summed E-state index contributed by atoms with van der Waals surface area (Å²) in [5.74, 6) is 0.754. The summed E-state index contributed by atoms with van der Waals surface area (Å²) in [5, 5.41) is 0.727. The van der Waals surface area contributed by atoms with E-state index in [1.54, 1.807) is 6.07 Å². The van der Waals surface area contributed by atoms with Crippen LogP contribution in [0.1, 0.15) is 29.8 Å². The Morgan fingerprint density at radius 2 is 1.90 bits per heavy atom. The minimum Gasteiger partial charge on any atom is -0.355 e. The van der Waals surface area contributed by atoms with Gasteiger partial charge in [-0.25, -0.2) is 19.9 Å². The minimum atomic E-state index is -4.22. The number of likely N-dealkylation sites (tertiary alicyclic amines) is 1. The van der Waals surface area contributed by atoms with Gasteiger partial charge in [-0.1, -0.05) is 0 Å². The van der Waals surface area contributed by atoms with E-state index in [0.29, 0.717) is 4.83 Å². The number of nitrogens with zero attached hydrogens (tertiary/aromatic N) is 6. The molecule has 1 atom stereocenters. The lowest BCUT2D eigenvalue weighted by atomic mass is 9.78. The van der Waals surface area contributed by atoms with E-state index in [9.17, 15) is 13.2 Å². The van der Waals surface area contributed by atoms with E-state index >= 15 is 0 Å². The number of aromatic nitrogens is 4. The van der Waals surface area contributed by atoms with Crippen molar-refractivity contribution in [2.24, 2.45) is 5.41 Å². The molecule has 0 saturated carbocycles. The van der Waals surface area contributed by atoms with Crippen molar-refractivity contribution >= 4 is 27.4 Å². The Balaban J connectivity index is 1.30. The fraction of sp³-hybridized carbons (Fsp3) is 0.500. The van der Waals surface area contributed by atoms with Crippen LogP contribution in [0.4, 0.5) is 19.0 Å². The molecule has 30 heavy (non-hydrogen) atoms. The molecule has 0 aromatic carbocycles. The van der Waals surface area contributed by atoms with Crippen LogP contribution < -0.4 is 4.90 Å². The predicted octanol–water partition coefficient (Wildman–Crippen LogP) is 3.86. The van der Waals surface area contributed by atoms with Gasteiger partial charge in [-0.2, -0.15) is 13.2 Å². The van der Waals surface area contributed by atoms with Gasteiger partial charge in [0, 0.05) is 60.5 Å². The SMILES string of the molecule is CC(c1cncnc1)N1CC2(CCN(c3ncnc4sc(CC(F)(F)F)cc34)C2)C1. The number of hydrogen-bond acceptors (Lipinski definition) is 7. The molecule has 2 aliphatic heterocycles. The molecule has 2 aliphatic rings. The normalized spacial score (nSPS) is 20.1. The molecule has 5 rings (SSSR count). The maximum Gasteiger partial charge on any atom is 0.393 e. The zero-order valence-corrected chi connectivity index (χ0v) is 17.2. The second-order valence-electron chi connectivity index (χ2n) is 8.35.